The maximum Gasteiger partial charge on any atom is 0.145 e. The van der Waals surface area contributed by atoms with Crippen molar-refractivity contribution in [2.24, 2.45) is 5.92 Å². The number of rotatable bonds is 1. The van der Waals surface area contributed by atoms with Crippen LogP contribution in [0.25, 0.3) is 11.3 Å². The van der Waals surface area contributed by atoms with Gasteiger partial charge in [-0.25, -0.2) is 4.98 Å². The lowest BCUT2D eigenvalue weighted by Gasteiger charge is -2.34. The van der Waals surface area contributed by atoms with Gasteiger partial charge in [0.2, 0.25) is 0 Å². The molecule has 6 nitrogen and oxygen atoms in total. The first-order chi connectivity index (χ1) is 11.2. The van der Waals surface area contributed by atoms with Crippen LogP contribution in [0.1, 0.15) is 29.8 Å². The highest BCUT2D eigenvalue weighted by Crippen LogP contribution is 2.48. The van der Waals surface area contributed by atoms with Crippen LogP contribution >= 0.6 is 0 Å². The summed E-state index contributed by atoms with van der Waals surface area (Å²) in [5, 5.41) is 15.2. The average molecular weight is 307 g/mol. The Morgan fingerprint density at radius 3 is 3.04 bits per heavy atom. The first-order valence-electron chi connectivity index (χ1n) is 7.86. The Balaban J connectivity index is 1.63. The van der Waals surface area contributed by atoms with Gasteiger partial charge in [-0.15, -0.1) is 0 Å². The van der Waals surface area contributed by atoms with Crippen molar-refractivity contribution in [3.8, 4) is 11.3 Å². The fourth-order valence-electron chi connectivity index (χ4n) is 4.16. The maximum absolute atomic E-state index is 10.9. The topological polar surface area (TPSA) is 81.9 Å². The Labute approximate surface area is 133 Å². The fourth-order valence-corrected chi connectivity index (χ4v) is 4.16. The van der Waals surface area contributed by atoms with Gasteiger partial charge in [-0.2, -0.15) is 5.10 Å². The number of imidazole rings is 1. The summed E-state index contributed by atoms with van der Waals surface area (Å²) >= 11 is 0. The molecule has 116 valence electrons. The summed E-state index contributed by atoms with van der Waals surface area (Å²) < 4.78 is 4.01. The highest BCUT2D eigenvalue weighted by atomic mass is 16.3. The molecule has 0 radical (unpaired) electrons. The minimum absolute atomic E-state index is 0.0789. The molecular weight excluding hydrogens is 290 g/mol. The minimum atomic E-state index is -0.583. The normalized spacial score (nSPS) is 25.0. The maximum atomic E-state index is 10.9. The van der Waals surface area contributed by atoms with Gasteiger partial charge in [0, 0.05) is 24.1 Å². The number of hydrogen-bond acceptors (Lipinski definition) is 4. The molecule has 0 bridgehead atoms. The number of anilines is 1. The van der Waals surface area contributed by atoms with E-state index in [1.54, 1.807) is 6.07 Å². The number of benzene rings is 1. The number of aliphatic hydroxyl groups excluding tert-OH is 1. The molecule has 5 rings (SSSR count). The second-order valence-corrected chi connectivity index (χ2v) is 6.33. The number of aromatic nitrogens is 4. The Morgan fingerprint density at radius 2 is 2.13 bits per heavy atom. The lowest BCUT2D eigenvalue weighted by atomic mass is 9.83. The summed E-state index contributed by atoms with van der Waals surface area (Å²) in [6.45, 7) is 0.775. The van der Waals surface area contributed by atoms with E-state index in [4.69, 9.17) is 5.73 Å². The molecule has 23 heavy (non-hydrogen) atoms. The van der Waals surface area contributed by atoms with Crippen molar-refractivity contribution < 1.29 is 5.11 Å². The van der Waals surface area contributed by atoms with Gasteiger partial charge in [-0.1, -0.05) is 24.3 Å². The van der Waals surface area contributed by atoms with E-state index in [0.29, 0.717) is 5.82 Å². The van der Waals surface area contributed by atoms with Gasteiger partial charge in [0.1, 0.15) is 11.9 Å². The summed E-state index contributed by atoms with van der Waals surface area (Å²) in [5.41, 5.74) is 10.2. The van der Waals surface area contributed by atoms with E-state index in [-0.39, 0.29) is 12.0 Å². The summed E-state index contributed by atoms with van der Waals surface area (Å²) in [6, 6.07) is 10.3. The number of aryl methyl sites for hydroxylation is 1. The fraction of sp³-hybridized carbons (Fsp3) is 0.294. The van der Waals surface area contributed by atoms with Crippen molar-refractivity contribution in [1.29, 1.82) is 0 Å². The van der Waals surface area contributed by atoms with Crippen molar-refractivity contribution in [3.63, 3.8) is 0 Å². The molecule has 3 N–H and O–H groups in total. The third kappa shape index (κ3) is 1.66. The van der Waals surface area contributed by atoms with Crippen LogP contribution in [-0.4, -0.2) is 24.4 Å². The number of aliphatic hydroxyl groups is 1. The van der Waals surface area contributed by atoms with E-state index in [9.17, 15) is 5.11 Å². The molecule has 2 aliphatic heterocycles. The number of nitrogen functional groups attached to an aromatic ring is 1. The van der Waals surface area contributed by atoms with Gasteiger partial charge >= 0.3 is 0 Å². The molecule has 0 amide bonds. The predicted molar refractivity (Wildman–Crippen MR) is 85.5 cm³/mol. The second kappa shape index (κ2) is 4.45. The van der Waals surface area contributed by atoms with Gasteiger partial charge in [-0.05, 0) is 12.0 Å². The quantitative estimate of drug-likeness (QED) is 0.720. The van der Waals surface area contributed by atoms with Crippen molar-refractivity contribution >= 4 is 5.82 Å². The monoisotopic (exact) mass is 307 g/mol. The molecule has 0 spiro atoms. The van der Waals surface area contributed by atoms with Crippen LogP contribution < -0.4 is 5.73 Å². The van der Waals surface area contributed by atoms with E-state index in [1.165, 1.54) is 11.1 Å². The Hall–Kier alpha value is -2.60. The molecule has 3 aromatic rings. The number of nitrogens with zero attached hydrogens (tertiary/aromatic N) is 4. The molecule has 2 aromatic heterocycles. The van der Waals surface area contributed by atoms with Crippen molar-refractivity contribution in [1.82, 2.24) is 19.3 Å². The molecule has 3 atom stereocenters. The number of hydrogen-bond donors (Lipinski definition) is 2. The Morgan fingerprint density at radius 1 is 1.26 bits per heavy atom. The highest BCUT2D eigenvalue weighted by Gasteiger charge is 2.41. The Bertz CT molecular complexity index is 896. The van der Waals surface area contributed by atoms with Crippen molar-refractivity contribution in [2.75, 3.05) is 5.73 Å². The zero-order valence-electron chi connectivity index (χ0n) is 12.5. The average Bonchev–Trinajstić information content (AvgIpc) is 3.22. The van der Waals surface area contributed by atoms with Crippen molar-refractivity contribution in [2.45, 2.75) is 25.1 Å². The van der Waals surface area contributed by atoms with Crippen LogP contribution in [-0.2, 0) is 6.54 Å². The molecular formula is C17H17N5O. The zero-order valence-corrected chi connectivity index (χ0v) is 12.5. The lowest BCUT2D eigenvalue weighted by molar-refractivity contribution is 0.0525. The molecule has 6 heteroatoms. The van der Waals surface area contributed by atoms with Gasteiger partial charge in [0.25, 0.3) is 0 Å². The summed E-state index contributed by atoms with van der Waals surface area (Å²) in [5.74, 6) is 0.546. The molecule has 4 heterocycles. The molecule has 0 saturated carbocycles. The first-order valence-corrected chi connectivity index (χ1v) is 7.86. The van der Waals surface area contributed by atoms with E-state index in [1.807, 2.05) is 23.3 Å². The van der Waals surface area contributed by atoms with Gasteiger partial charge < -0.3 is 15.4 Å². The van der Waals surface area contributed by atoms with Gasteiger partial charge in [0.15, 0.2) is 0 Å². The van der Waals surface area contributed by atoms with Crippen LogP contribution in [0.5, 0.6) is 0 Å². The minimum Gasteiger partial charge on any atom is -0.386 e. The van der Waals surface area contributed by atoms with Crippen molar-refractivity contribution in [3.05, 3.63) is 54.1 Å². The van der Waals surface area contributed by atoms with Gasteiger partial charge in [-0.3, -0.25) is 4.68 Å². The zero-order chi connectivity index (χ0) is 15.6. The second-order valence-electron chi connectivity index (χ2n) is 6.33. The summed E-state index contributed by atoms with van der Waals surface area (Å²) in [4.78, 5) is 4.30. The predicted octanol–water partition coefficient (Wildman–Crippen LogP) is 1.99. The highest BCUT2D eigenvalue weighted by molar-refractivity contribution is 5.69. The standard InChI is InChI=1S/C17H17N5O/c18-15-7-13-17(23)12(5-6-22(13)20-15)16-11-4-2-1-3-10(11)14-8-19-9-21(14)16/h1-4,7-9,12,16-17,23H,5-6H2,(H2,18,20)/t12-,16?,17+/m0/s1. The first kappa shape index (κ1) is 12.9. The van der Waals surface area contributed by atoms with Gasteiger partial charge in [0.05, 0.1) is 30.0 Å². The SMILES string of the molecule is Nc1cc2n(n1)CC[C@@H](C1c3ccccc3-c3cncn31)[C@H]2O. The van der Waals surface area contributed by atoms with E-state index in [2.05, 4.69) is 32.8 Å². The third-order valence-electron chi connectivity index (χ3n) is 5.14. The van der Waals surface area contributed by atoms with Crippen LogP contribution in [0.15, 0.2) is 42.9 Å². The molecule has 2 aliphatic rings. The third-order valence-corrected chi connectivity index (χ3v) is 5.14. The van der Waals surface area contributed by atoms with Crippen LogP contribution in [0.2, 0.25) is 0 Å². The van der Waals surface area contributed by atoms with Crippen LogP contribution in [0.3, 0.4) is 0 Å². The van der Waals surface area contributed by atoms with E-state index in [0.717, 1.165) is 24.4 Å². The number of fused-ring (bicyclic) bond motifs is 4. The molecule has 0 saturated heterocycles. The molecule has 0 fully saturated rings. The van der Waals surface area contributed by atoms with E-state index >= 15 is 0 Å². The summed E-state index contributed by atoms with van der Waals surface area (Å²) in [7, 11) is 0. The Kier molecular flexibility index (Phi) is 2.50. The smallest absolute Gasteiger partial charge is 0.145 e. The van der Waals surface area contributed by atoms with Crippen LogP contribution in [0.4, 0.5) is 5.82 Å². The molecule has 1 unspecified atom stereocenters. The number of nitrogens with two attached hydrogens (primary N) is 1. The molecule has 0 aliphatic carbocycles. The largest absolute Gasteiger partial charge is 0.386 e. The van der Waals surface area contributed by atoms with E-state index < -0.39 is 6.10 Å². The molecule has 1 aromatic carbocycles. The van der Waals surface area contributed by atoms with Crippen LogP contribution in [0, 0.1) is 5.92 Å². The lowest BCUT2D eigenvalue weighted by Crippen LogP contribution is -2.31. The summed E-state index contributed by atoms with van der Waals surface area (Å²) in [6.07, 6.45) is 4.04.